The van der Waals surface area contributed by atoms with Crippen molar-refractivity contribution in [2.24, 2.45) is 11.8 Å². The predicted molar refractivity (Wildman–Crippen MR) is 75.3 cm³/mol. The van der Waals surface area contributed by atoms with Crippen LogP contribution in [0.25, 0.3) is 10.9 Å². The van der Waals surface area contributed by atoms with E-state index >= 15 is 0 Å². The van der Waals surface area contributed by atoms with E-state index in [2.05, 4.69) is 4.98 Å². The Morgan fingerprint density at radius 3 is 2.65 bits per heavy atom. The smallest absolute Gasteiger partial charge is 0.171 e. The molecule has 4 unspecified atom stereocenters. The Kier molecular flexibility index (Phi) is 3.13. The van der Waals surface area contributed by atoms with Crippen molar-refractivity contribution in [1.29, 1.82) is 0 Å². The van der Waals surface area contributed by atoms with Gasteiger partial charge in [-0.3, -0.25) is 4.79 Å². The summed E-state index contributed by atoms with van der Waals surface area (Å²) in [5, 5.41) is 0.386. The van der Waals surface area contributed by atoms with E-state index in [0.717, 1.165) is 0 Å². The van der Waals surface area contributed by atoms with Crippen LogP contribution in [-0.4, -0.2) is 23.0 Å². The molecule has 1 fully saturated rings. The highest BCUT2D eigenvalue weighted by Gasteiger charge is 2.42. The molecule has 106 valence electrons. The molecule has 4 atom stereocenters. The van der Waals surface area contributed by atoms with Crippen LogP contribution in [0.15, 0.2) is 24.4 Å². The zero-order valence-electron chi connectivity index (χ0n) is 11.8. The van der Waals surface area contributed by atoms with Crippen LogP contribution < -0.4 is 0 Å². The molecule has 3 rings (SSSR count). The lowest BCUT2D eigenvalue weighted by atomic mass is 9.83. The average molecular weight is 275 g/mol. The second kappa shape index (κ2) is 4.70. The molecule has 0 radical (unpaired) electrons. The molecule has 0 bridgehead atoms. The number of halogens is 1. The maximum Gasteiger partial charge on any atom is 0.171 e. The van der Waals surface area contributed by atoms with Gasteiger partial charge in [0.25, 0.3) is 0 Å². The molecule has 1 aliphatic rings. The highest BCUT2D eigenvalue weighted by molar-refractivity contribution is 6.09. The summed E-state index contributed by atoms with van der Waals surface area (Å²) in [6.07, 6.45) is 1.52. The minimum Gasteiger partial charge on any atom is -0.374 e. The van der Waals surface area contributed by atoms with Crippen LogP contribution in [-0.2, 0) is 4.74 Å². The first-order valence-corrected chi connectivity index (χ1v) is 6.96. The molecule has 0 amide bonds. The Morgan fingerprint density at radius 2 is 2.00 bits per heavy atom. The lowest BCUT2D eigenvalue weighted by molar-refractivity contribution is 0.0491. The summed E-state index contributed by atoms with van der Waals surface area (Å²) in [7, 11) is 0. The number of hydrogen-bond acceptors (Lipinski definition) is 2. The van der Waals surface area contributed by atoms with Gasteiger partial charge < -0.3 is 9.72 Å². The Balaban J connectivity index is 2.05. The van der Waals surface area contributed by atoms with E-state index in [1.54, 1.807) is 18.3 Å². The molecule has 4 heteroatoms. The van der Waals surface area contributed by atoms with Gasteiger partial charge >= 0.3 is 0 Å². The number of fused-ring (bicyclic) bond motifs is 1. The third-order valence-electron chi connectivity index (χ3n) is 4.47. The van der Waals surface area contributed by atoms with E-state index in [0.29, 0.717) is 16.5 Å². The number of Topliss-reactive ketones (excluding diaryl/α,β-unsaturated/α-hetero) is 1. The van der Waals surface area contributed by atoms with Gasteiger partial charge in [0.2, 0.25) is 0 Å². The van der Waals surface area contributed by atoms with Crippen molar-refractivity contribution in [3.8, 4) is 0 Å². The summed E-state index contributed by atoms with van der Waals surface area (Å²) in [5.41, 5.74) is 1.08. The van der Waals surface area contributed by atoms with Crippen LogP contribution in [0.5, 0.6) is 0 Å². The van der Waals surface area contributed by atoms with E-state index in [1.807, 2.05) is 20.8 Å². The molecule has 2 aromatic rings. The molecule has 2 heterocycles. The quantitative estimate of drug-likeness (QED) is 0.852. The number of carbonyl (C=O) groups is 1. The van der Waals surface area contributed by atoms with Gasteiger partial charge in [0.15, 0.2) is 5.78 Å². The van der Waals surface area contributed by atoms with Gasteiger partial charge in [-0.25, -0.2) is 4.39 Å². The standard InChI is InChI=1S/C16H18FNO2/c1-8-9(2)20-10(3)14(8)16(19)11-7-18-13-6-4-5-12(17)15(11)13/h4-10,14,18H,1-3H3. The molecular weight excluding hydrogens is 257 g/mol. The van der Waals surface area contributed by atoms with Gasteiger partial charge in [-0.2, -0.15) is 0 Å². The molecule has 1 N–H and O–H groups in total. The molecule has 1 aromatic heterocycles. The van der Waals surface area contributed by atoms with E-state index in [-0.39, 0.29) is 35.6 Å². The fraction of sp³-hybridized carbons (Fsp3) is 0.438. The van der Waals surface area contributed by atoms with Gasteiger partial charge in [0, 0.05) is 22.7 Å². The maximum atomic E-state index is 14.0. The van der Waals surface area contributed by atoms with Crippen molar-refractivity contribution in [1.82, 2.24) is 4.98 Å². The Hall–Kier alpha value is -1.68. The van der Waals surface area contributed by atoms with Gasteiger partial charge in [-0.05, 0) is 31.9 Å². The number of hydrogen-bond donors (Lipinski definition) is 1. The maximum absolute atomic E-state index is 14.0. The number of nitrogens with one attached hydrogen (secondary N) is 1. The average Bonchev–Trinajstić information content (AvgIpc) is 2.93. The largest absolute Gasteiger partial charge is 0.374 e. The molecule has 3 nitrogen and oxygen atoms in total. The summed E-state index contributed by atoms with van der Waals surface area (Å²) < 4.78 is 19.7. The molecule has 20 heavy (non-hydrogen) atoms. The normalized spacial score (nSPS) is 30.0. The Morgan fingerprint density at radius 1 is 1.25 bits per heavy atom. The van der Waals surface area contributed by atoms with Crippen LogP contribution >= 0.6 is 0 Å². The summed E-state index contributed by atoms with van der Waals surface area (Å²) in [6.45, 7) is 5.90. The van der Waals surface area contributed by atoms with E-state index in [9.17, 15) is 9.18 Å². The predicted octanol–water partition coefficient (Wildman–Crippen LogP) is 3.55. The molecule has 1 aromatic carbocycles. The third kappa shape index (κ3) is 1.86. The molecule has 0 spiro atoms. The highest BCUT2D eigenvalue weighted by Crippen LogP contribution is 2.36. The number of benzene rings is 1. The van der Waals surface area contributed by atoms with Crippen molar-refractivity contribution >= 4 is 16.7 Å². The van der Waals surface area contributed by atoms with Crippen molar-refractivity contribution in [3.63, 3.8) is 0 Å². The summed E-state index contributed by atoms with van der Waals surface area (Å²) in [6, 6.07) is 4.79. The number of ether oxygens (including phenoxy) is 1. The van der Waals surface area contributed by atoms with Crippen LogP contribution in [0.4, 0.5) is 4.39 Å². The van der Waals surface area contributed by atoms with Crippen LogP contribution in [0.2, 0.25) is 0 Å². The van der Waals surface area contributed by atoms with Crippen LogP contribution in [0.3, 0.4) is 0 Å². The Labute approximate surface area is 117 Å². The fourth-order valence-electron chi connectivity index (χ4n) is 3.23. The second-order valence-electron chi connectivity index (χ2n) is 5.66. The number of H-pyrrole nitrogens is 1. The monoisotopic (exact) mass is 275 g/mol. The topological polar surface area (TPSA) is 42.1 Å². The molecule has 0 saturated carbocycles. The van der Waals surface area contributed by atoms with E-state index in [4.69, 9.17) is 4.74 Å². The van der Waals surface area contributed by atoms with Gasteiger partial charge in [-0.1, -0.05) is 13.0 Å². The first kappa shape index (κ1) is 13.3. The van der Waals surface area contributed by atoms with Gasteiger partial charge in [0.05, 0.1) is 18.1 Å². The molecule has 1 saturated heterocycles. The molecule has 1 aliphatic heterocycles. The number of carbonyl (C=O) groups excluding carboxylic acids is 1. The van der Waals surface area contributed by atoms with Crippen molar-refractivity contribution < 1.29 is 13.9 Å². The lowest BCUT2D eigenvalue weighted by Gasteiger charge is -2.16. The second-order valence-corrected chi connectivity index (χ2v) is 5.66. The highest BCUT2D eigenvalue weighted by atomic mass is 19.1. The molecular formula is C16H18FNO2. The lowest BCUT2D eigenvalue weighted by Crippen LogP contribution is -2.26. The van der Waals surface area contributed by atoms with Gasteiger partial charge in [0.1, 0.15) is 5.82 Å². The number of ketones is 1. The minimum absolute atomic E-state index is 0.0364. The molecule has 0 aliphatic carbocycles. The zero-order valence-corrected chi connectivity index (χ0v) is 11.8. The first-order valence-electron chi connectivity index (χ1n) is 6.96. The van der Waals surface area contributed by atoms with E-state index < -0.39 is 0 Å². The van der Waals surface area contributed by atoms with E-state index in [1.165, 1.54) is 6.07 Å². The fourth-order valence-corrected chi connectivity index (χ4v) is 3.23. The summed E-state index contributed by atoms with van der Waals surface area (Å²) >= 11 is 0. The van der Waals surface area contributed by atoms with Gasteiger partial charge in [-0.15, -0.1) is 0 Å². The Bertz CT molecular complexity index is 664. The zero-order chi connectivity index (χ0) is 14.4. The summed E-state index contributed by atoms with van der Waals surface area (Å²) in [5.74, 6) is -0.483. The van der Waals surface area contributed by atoms with Crippen molar-refractivity contribution in [2.45, 2.75) is 33.0 Å². The van der Waals surface area contributed by atoms with Crippen LogP contribution in [0, 0.1) is 17.7 Å². The van der Waals surface area contributed by atoms with Crippen LogP contribution in [0.1, 0.15) is 31.1 Å². The minimum atomic E-state index is -0.362. The van der Waals surface area contributed by atoms with Crippen molar-refractivity contribution in [3.05, 3.63) is 35.8 Å². The number of aromatic nitrogens is 1. The third-order valence-corrected chi connectivity index (χ3v) is 4.47. The number of rotatable bonds is 2. The SMILES string of the molecule is CC1OC(C)C(C(=O)c2c[nH]c3cccc(F)c23)C1C. The number of aromatic amines is 1. The summed E-state index contributed by atoms with van der Waals surface area (Å²) in [4.78, 5) is 15.7. The first-order chi connectivity index (χ1) is 9.50. The van der Waals surface area contributed by atoms with Crippen molar-refractivity contribution in [2.75, 3.05) is 0 Å².